The Hall–Kier alpha value is -2.50. The summed E-state index contributed by atoms with van der Waals surface area (Å²) in [5.41, 5.74) is 2.93. The van der Waals surface area contributed by atoms with Gasteiger partial charge in [0.15, 0.2) is 0 Å². The van der Waals surface area contributed by atoms with Crippen molar-refractivity contribution in [3.63, 3.8) is 0 Å². The van der Waals surface area contributed by atoms with Crippen LogP contribution in [0.15, 0.2) is 30.3 Å². The van der Waals surface area contributed by atoms with Crippen molar-refractivity contribution in [2.45, 2.75) is 91.4 Å². The number of rotatable bonds is 5. The summed E-state index contributed by atoms with van der Waals surface area (Å²) in [6.07, 6.45) is 2.46. The molecule has 6 nitrogen and oxygen atoms in total. The standard InChI is InChI=1S/C26H39N3O3/c1-8-29-23(20-13-15-28(16-14-20)24(30)32-26(5,6)7)18-21(27-29)17-19-9-11-22(12-10-19)31-25(2,3)4/h9-12,18,20H,8,13-17H2,1-7H3. The largest absolute Gasteiger partial charge is 0.488 e. The van der Waals surface area contributed by atoms with Gasteiger partial charge in [0, 0.05) is 37.7 Å². The lowest BCUT2D eigenvalue weighted by atomic mass is 9.93. The molecule has 0 atom stereocenters. The molecule has 1 saturated heterocycles. The molecule has 176 valence electrons. The average Bonchev–Trinajstić information content (AvgIpc) is 3.10. The number of nitrogens with zero attached hydrogens (tertiary/aromatic N) is 3. The quantitative estimate of drug-likeness (QED) is 0.590. The number of ether oxygens (including phenoxy) is 2. The van der Waals surface area contributed by atoms with E-state index in [-0.39, 0.29) is 11.7 Å². The number of benzene rings is 1. The smallest absolute Gasteiger partial charge is 0.410 e. The van der Waals surface area contributed by atoms with Crippen LogP contribution in [-0.2, 0) is 17.7 Å². The second-order valence-electron chi connectivity index (χ2n) is 10.7. The number of carbonyl (C=O) groups excluding carboxylic acids is 1. The molecule has 0 spiro atoms. The Labute approximate surface area is 192 Å². The van der Waals surface area contributed by atoms with Crippen molar-refractivity contribution < 1.29 is 14.3 Å². The second kappa shape index (κ2) is 9.55. The molecule has 1 aliphatic rings. The van der Waals surface area contributed by atoms with Gasteiger partial charge in [-0.05, 0) is 85.1 Å². The lowest BCUT2D eigenvalue weighted by Gasteiger charge is -2.33. The van der Waals surface area contributed by atoms with Gasteiger partial charge in [-0.25, -0.2) is 4.79 Å². The summed E-state index contributed by atoms with van der Waals surface area (Å²) in [6, 6.07) is 10.5. The first-order valence-electron chi connectivity index (χ1n) is 11.8. The lowest BCUT2D eigenvalue weighted by molar-refractivity contribution is 0.0203. The first-order chi connectivity index (χ1) is 14.9. The van der Waals surface area contributed by atoms with E-state index in [0.29, 0.717) is 5.92 Å². The van der Waals surface area contributed by atoms with Crippen molar-refractivity contribution >= 4 is 6.09 Å². The molecule has 3 rings (SSSR count). The molecule has 0 N–H and O–H groups in total. The van der Waals surface area contributed by atoms with Crippen LogP contribution in [0.5, 0.6) is 5.75 Å². The Balaban J connectivity index is 1.63. The van der Waals surface area contributed by atoms with Crippen LogP contribution in [0.4, 0.5) is 4.79 Å². The maximum atomic E-state index is 12.4. The van der Waals surface area contributed by atoms with Crippen LogP contribution in [-0.4, -0.2) is 45.1 Å². The highest BCUT2D eigenvalue weighted by atomic mass is 16.6. The van der Waals surface area contributed by atoms with Gasteiger partial charge in [-0.2, -0.15) is 5.10 Å². The molecule has 0 unspecified atom stereocenters. The summed E-state index contributed by atoms with van der Waals surface area (Å²) in [5, 5.41) is 4.86. The predicted molar refractivity (Wildman–Crippen MR) is 127 cm³/mol. The van der Waals surface area contributed by atoms with Gasteiger partial charge in [-0.1, -0.05) is 12.1 Å². The van der Waals surface area contributed by atoms with E-state index < -0.39 is 5.60 Å². The maximum absolute atomic E-state index is 12.4. The van der Waals surface area contributed by atoms with Gasteiger partial charge < -0.3 is 14.4 Å². The summed E-state index contributed by atoms with van der Waals surface area (Å²) < 4.78 is 13.6. The van der Waals surface area contributed by atoms with Crippen molar-refractivity contribution in [2.24, 2.45) is 0 Å². The van der Waals surface area contributed by atoms with Crippen molar-refractivity contribution in [2.75, 3.05) is 13.1 Å². The number of amides is 1. The van der Waals surface area contributed by atoms with E-state index in [9.17, 15) is 4.79 Å². The van der Waals surface area contributed by atoms with Crippen LogP contribution < -0.4 is 4.74 Å². The molecule has 0 saturated carbocycles. The Kier molecular flexibility index (Phi) is 7.21. The third-order valence-electron chi connectivity index (χ3n) is 5.46. The Morgan fingerprint density at radius 1 is 1.03 bits per heavy atom. The van der Waals surface area contributed by atoms with E-state index in [1.54, 1.807) is 0 Å². The summed E-state index contributed by atoms with van der Waals surface area (Å²) in [6.45, 7) is 16.3. The molecule has 2 heterocycles. The maximum Gasteiger partial charge on any atom is 0.410 e. The third kappa shape index (κ3) is 6.75. The molecule has 0 aliphatic carbocycles. The fourth-order valence-electron chi connectivity index (χ4n) is 4.08. The molecule has 1 amide bonds. The zero-order valence-corrected chi connectivity index (χ0v) is 20.8. The number of aryl methyl sites for hydroxylation is 1. The molecule has 6 heteroatoms. The van der Waals surface area contributed by atoms with Crippen LogP contribution in [0.3, 0.4) is 0 Å². The number of likely N-dealkylation sites (tertiary alicyclic amines) is 1. The molecule has 1 aromatic heterocycles. The van der Waals surface area contributed by atoms with Gasteiger partial charge in [-0.3, -0.25) is 4.68 Å². The number of hydrogen-bond acceptors (Lipinski definition) is 4. The number of piperidine rings is 1. The minimum atomic E-state index is -0.458. The molecule has 1 fully saturated rings. The molecule has 2 aromatic rings. The van der Waals surface area contributed by atoms with E-state index in [1.165, 1.54) is 11.3 Å². The highest BCUT2D eigenvalue weighted by Crippen LogP contribution is 2.30. The average molecular weight is 442 g/mol. The van der Waals surface area contributed by atoms with Crippen LogP contribution in [0.1, 0.15) is 84.2 Å². The fraction of sp³-hybridized carbons (Fsp3) is 0.615. The topological polar surface area (TPSA) is 56.6 Å². The molecule has 0 radical (unpaired) electrons. The first-order valence-corrected chi connectivity index (χ1v) is 11.8. The van der Waals surface area contributed by atoms with Crippen molar-refractivity contribution in [1.82, 2.24) is 14.7 Å². The number of aromatic nitrogens is 2. The van der Waals surface area contributed by atoms with Gasteiger partial charge in [0.2, 0.25) is 0 Å². The predicted octanol–water partition coefficient (Wildman–Crippen LogP) is 5.79. The molecular formula is C26H39N3O3. The Morgan fingerprint density at radius 3 is 2.19 bits per heavy atom. The number of hydrogen-bond donors (Lipinski definition) is 0. The summed E-state index contributed by atoms with van der Waals surface area (Å²) >= 11 is 0. The van der Waals surface area contributed by atoms with Crippen LogP contribution >= 0.6 is 0 Å². The van der Waals surface area contributed by atoms with Crippen LogP contribution in [0, 0.1) is 0 Å². The minimum absolute atomic E-state index is 0.199. The summed E-state index contributed by atoms with van der Waals surface area (Å²) in [7, 11) is 0. The van der Waals surface area contributed by atoms with E-state index in [2.05, 4.69) is 50.6 Å². The monoisotopic (exact) mass is 441 g/mol. The van der Waals surface area contributed by atoms with Crippen molar-refractivity contribution in [3.05, 3.63) is 47.3 Å². The summed E-state index contributed by atoms with van der Waals surface area (Å²) in [4.78, 5) is 14.2. The van der Waals surface area contributed by atoms with E-state index >= 15 is 0 Å². The molecule has 1 aromatic carbocycles. The zero-order chi connectivity index (χ0) is 23.5. The van der Waals surface area contributed by atoms with Gasteiger partial charge in [0.25, 0.3) is 0 Å². The first kappa shape index (κ1) is 24.1. The van der Waals surface area contributed by atoms with E-state index in [1.807, 2.05) is 37.8 Å². The molecule has 32 heavy (non-hydrogen) atoms. The Bertz CT molecular complexity index is 896. The fourth-order valence-corrected chi connectivity index (χ4v) is 4.08. The van der Waals surface area contributed by atoms with Gasteiger partial charge in [-0.15, -0.1) is 0 Å². The van der Waals surface area contributed by atoms with Crippen LogP contribution in [0.25, 0.3) is 0 Å². The zero-order valence-electron chi connectivity index (χ0n) is 20.8. The van der Waals surface area contributed by atoms with E-state index in [0.717, 1.165) is 50.3 Å². The SMILES string of the molecule is CCn1nc(Cc2ccc(OC(C)(C)C)cc2)cc1C1CCN(C(=O)OC(C)(C)C)CC1. The summed E-state index contributed by atoms with van der Waals surface area (Å²) in [5.74, 6) is 1.30. The second-order valence-corrected chi connectivity index (χ2v) is 10.7. The molecule has 1 aliphatic heterocycles. The third-order valence-corrected chi connectivity index (χ3v) is 5.46. The molecule has 0 bridgehead atoms. The van der Waals surface area contributed by atoms with Crippen molar-refractivity contribution in [1.29, 1.82) is 0 Å². The number of carbonyl (C=O) groups is 1. The normalized spacial score (nSPS) is 15.7. The Morgan fingerprint density at radius 2 is 1.66 bits per heavy atom. The highest BCUT2D eigenvalue weighted by Gasteiger charge is 2.29. The highest BCUT2D eigenvalue weighted by molar-refractivity contribution is 5.68. The van der Waals surface area contributed by atoms with E-state index in [4.69, 9.17) is 14.6 Å². The van der Waals surface area contributed by atoms with Gasteiger partial charge in [0.05, 0.1) is 5.69 Å². The molecular weight excluding hydrogens is 402 g/mol. The van der Waals surface area contributed by atoms with Crippen LogP contribution in [0.2, 0.25) is 0 Å². The van der Waals surface area contributed by atoms with Crippen molar-refractivity contribution in [3.8, 4) is 5.75 Å². The lowest BCUT2D eigenvalue weighted by Crippen LogP contribution is -2.41. The minimum Gasteiger partial charge on any atom is -0.488 e. The van der Waals surface area contributed by atoms with Gasteiger partial charge >= 0.3 is 6.09 Å². The van der Waals surface area contributed by atoms with Gasteiger partial charge in [0.1, 0.15) is 17.0 Å².